The number of aliphatic hydroxyl groups is 1. The SMILES string of the molecule is O=C(N[C@H]1CC[C@@]2(O)[C@H]3Cc4ccc(O)c5c4[C@@]2(CCN3CC2CC2)[C@H]1O5)c1cc2ccccc2s1. The van der Waals surface area contributed by atoms with Crippen LogP contribution >= 0.6 is 11.3 Å². The number of thiophene rings is 1. The Hall–Kier alpha value is -2.61. The fourth-order valence-electron chi connectivity index (χ4n) is 7.96. The first-order chi connectivity index (χ1) is 17.5. The van der Waals surface area contributed by atoms with Gasteiger partial charge >= 0.3 is 0 Å². The van der Waals surface area contributed by atoms with Gasteiger partial charge in [0.1, 0.15) is 6.10 Å². The molecule has 2 aliphatic heterocycles. The lowest BCUT2D eigenvalue weighted by Crippen LogP contribution is -2.78. The van der Waals surface area contributed by atoms with Crippen molar-refractivity contribution in [2.24, 2.45) is 5.92 Å². The molecule has 1 spiro atoms. The third kappa shape index (κ3) is 2.71. The molecular weight excluding hydrogens is 472 g/mol. The van der Waals surface area contributed by atoms with E-state index in [0.29, 0.717) is 23.5 Å². The van der Waals surface area contributed by atoms with E-state index in [9.17, 15) is 15.0 Å². The summed E-state index contributed by atoms with van der Waals surface area (Å²) in [6.45, 7) is 1.97. The summed E-state index contributed by atoms with van der Waals surface area (Å²) in [5.74, 6) is 1.32. The van der Waals surface area contributed by atoms with Gasteiger partial charge in [0.25, 0.3) is 5.91 Å². The van der Waals surface area contributed by atoms with Gasteiger partial charge in [-0.05, 0) is 80.1 Å². The fourth-order valence-corrected chi connectivity index (χ4v) is 8.93. The van der Waals surface area contributed by atoms with Gasteiger partial charge in [0.05, 0.1) is 21.9 Å². The minimum absolute atomic E-state index is 0.0418. The molecule has 186 valence electrons. The van der Waals surface area contributed by atoms with Gasteiger partial charge in [-0.3, -0.25) is 9.69 Å². The summed E-state index contributed by atoms with van der Waals surface area (Å²) in [5, 5.41) is 27.7. The molecule has 2 aromatic carbocycles. The van der Waals surface area contributed by atoms with Crippen LogP contribution < -0.4 is 10.1 Å². The van der Waals surface area contributed by atoms with Crippen LogP contribution in [0.2, 0.25) is 0 Å². The zero-order valence-corrected chi connectivity index (χ0v) is 20.9. The molecule has 3 N–H and O–H groups in total. The lowest BCUT2D eigenvalue weighted by atomic mass is 9.48. The molecule has 1 aromatic heterocycles. The minimum Gasteiger partial charge on any atom is -0.504 e. The van der Waals surface area contributed by atoms with Crippen molar-refractivity contribution in [1.29, 1.82) is 0 Å². The molecule has 7 heteroatoms. The van der Waals surface area contributed by atoms with Gasteiger partial charge in [0, 0.05) is 22.8 Å². The van der Waals surface area contributed by atoms with Crippen LogP contribution in [0.25, 0.3) is 10.1 Å². The van der Waals surface area contributed by atoms with Gasteiger partial charge in [-0.1, -0.05) is 24.3 Å². The third-order valence-corrected chi connectivity index (χ3v) is 10.8. The Balaban J connectivity index is 1.18. The number of phenols is 1. The van der Waals surface area contributed by atoms with Gasteiger partial charge in [0.15, 0.2) is 11.5 Å². The second kappa shape index (κ2) is 7.24. The number of benzene rings is 2. The van der Waals surface area contributed by atoms with Crippen LogP contribution in [0.1, 0.15) is 52.9 Å². The van der Waals surface area contributed by atoms with Gasteiger partial charge in [0.2, 0.25) is 0 Å². The van der Waals surface area contributed by atoms with E-state index in [-0.39, 0.29) is 23.7 Å². The predicted molar refractivity (Wildman–Crippen MR) is 138 cm³/mol. The van der Waals surface area contributed by atoms with E-state index in [1.807, 2.05) is 36.4 Å². The molecule has 5 aliphatic rings. The summed E-state index contributed by atoms with van der Waals surface area (Å²) in [7, 11) is 0. The second-order valence-electron chi connectivity index (χ2n) is 11.6. The summed E-state index contributed by atoms with van der Waals surface area (Å²) < 4.78 is 7.67. The quantitative estimate of drug-likeness (QED) is 0.503. The summed E-state index contributed by atoms with van der Waals surface area (Å²) in [4.78, 5) is 16.6. The lowest BCUT2D eigenvalue weighted by Gasteiger charge is -2.64. The van der Waals surface area contributed by atoms with Crippen molar-refractivity contribution in [3.05, 3.63) is 58.5 Å². The maximum atomic E-state index is 13.4. The van der Waals surface area contributed by atoms with Crippen molar-refractivity contribution in [3.8, 4) is 11.5 Å². The number of nitrogens with one attached hydrogen (secondary N) is 1. The molecule has 3 heterocycles. The van der Waals surface area contributed by atoms with E-state index in [4.69, 9.17) is 4.74 Å². The molecule has 0 unspecified atom stereocenters. The maximum Gasteiger partial charge on any atom is 0.261 e. The first-order valence-electron chi connectivity index (χ1n) is 13.3. The van der Waals surface area contributed by atoms with E-state index in [1.165, 1.54) is 29.7 Å². The highest BCUT2D eigenvalue weighted by Crippen LogP contribution is 2.65. The highest BCUT2D eigenvalue weighted by Gasteiger charge is 2.73. The molecule has 6 nitrogen and oxygen atoms in total. The number of hydrogen-bond donors (Lipinski definition) is 3. The van der Waals surface area contributed by atoms with Crippen molar-refractivity contribution in [3.63, 3.8) is 0 Å². The van der Waals surface area contributed by atoms with Gasteiger partial charge in [-0.25, -0.2) is 0 Å². The lowest BCUT2D eigenvalue weighted by molar-refractivity contribution is -0.191. The summed E-state index contributed by atoms with van der Waals surface area (Å²) in [5.41, 5.74) is 0.626. The van der Waals surface area contributed by atoms with Gasteiger partial charge < -0.3 is 20.3 Å². The number of carbonyl (C=O) groups excluding carboxylic acids is 1. The molecule has 2 saturated carbocycles. The largest absolute Gasteiger partial charge is 0.504 e. The van der Waals surface area contributed by atoms with Crippen LogP contribution in [0, 0.1) is 5.92 Å². The van der Waals surface area contributed by atoms with E-state index < -0.39 is 17.1 Å². The predicted octanol–water partition coefficient (Wildman–Crippen LogP) is 3.97. The normalized spacial score (nSPS) is 34.3. The minimum atomic E-state index is -0.935. The summed E-state index contributed by atoms with van der Waals surface area (Å²) in [6, 6.07) is 13.6. The monoisotopic (exact) mass is 502 g/mol. The molecule has 8 rings (SSSR count). The number of piperidine rings is 1. The molecule has 0 radical (unpaired) electrons. The standard InChI is InChI=1S/C29H30N2O4S/c32-20-8-7-18-14-23-29(34)10-9-19(30-27(33)22-13-17-3-1-2-4-21(17)36-22)26-28(29,24(18)25(20)35-26)11-12-31(23)15-16-5-6-16/h1-4,7-8,13,16,19,23,26,32,34H,5-6,9-12,14-15H2,(H,30,33)/t19-,23+,26-,28-,29+/m0/s1. The number of likely N-dealkylation sites (tertiary alicyclic amines) is 1. The van der Waals surface area contributed by atoms with Crippen molar-refractivity contribution >= 4 is 27.3 Å². The Morgan fingerprint density at radius 2 is 2.03 bits per heavy atom. The highest BCUT2D eigenvalue weighted by molar-refractivity contribution is 7.20. The topological polar surface area (TPSA) is 82.0 Å². The Morgan fingerprint density at radius 3 is 2.86 bits per heavy atom. The zero-order valence-electron chi connectivity index (χ0n) is 20.1. The third-order valence-electron chi connectivity index (χ3n) is 9.73. The first kappa shape index (κ1) is 21.5. The number of aromatic hydroxyl groups is 1. The molecule has 36 heavy (non-hydrogen) atoms. The van der Waals surface area contributed by atoms with Crippen LogP contribution in [-0.2, 0) is 11.8 Å². The zero-order chi connectivity index (χ0) is 24.2. The number of ether oxygens (including phenoxy) is 1. The fraction of sp³-hybridized carbons (Fsp3) is 0.483. The summed E-state index contributed by atoms with van der Waals surface area (Å²) >= 11 is 1.50. The van der Waals surface area contributed by atoms with Crippen LogP contribution in [0.15, 0.2) is 42.5 Å². The van der Waals surface area contributed by atoms with Crippen LogP contribution in [0.3, 0.4) is 0 Å². The smallest absolute Gasteiger partial charge is 0.261 e. The second-order valence-corrected chi connectivity index (χ2v) is 12.6. The van der Waals surface area contributed by atoms with E-state index >= 15 is 0 Å². The molecule has 1 amide bonds. The first-order valence-corrected chi connectivity index (χ1v) is 14.1. The van der Waals surface area contributed by atoms with Crippen molar-refractivity contribution in [2.45, 2.75) is 67.7 Å². The Kier molecular flexibility index (Phi) is 4.32. The van der Waals surface area contributed by atoms with Gasteiger partial charge in [-0.15, -0.1) is 11.3 Å². The maximum absolute atomic E-state index is 13.4. The molecule has 1 saturated heterocycles. The van der Waals surface area contributed by atoms with Gasteiger partial charge in [-0.2, -0.15) is 0 Å². The van der Waals surface area contributed by atoms with E-state index in [0.717, 1.165) is 47.5 Å². The highest BCUT2D eigenvalue weighted by atomic mass is 32.1. The number of hydrogen-bond acceptors (Lipinski definition) is 6. The Bertz CT molecular complexity index is 1380. The Labute approximate surface area is 213 Å². The summed E-state index contributed by atoms with van der Waals surface area (Å²) in [6.07, 6.45) is 5.00. The number of carbonyl (C=O) groups is 1. The van der Waals surface area contributed by atoms with Crippen molar-refractivity contribution in [1.82, 2.24) is 10.2 Å². The molecule has 3 fully saturated rings. The van der Waals surface area contributed by atoms with Crippen molar-refractivity contribution < 1.29 is 19.7 Å². The Morgan fingerprint density at radius 1 is 1.17 bits per heavy atom. The molecule has 3 aliphatic carbocycles. The number of nitrogens with zero attached hydrogens (tertiary/aromatic N) is 1. The number of rotatable bonds is 4. The van der Waals surface area contributed by atoms with Crippen molar-refractivity contribution in [2.75, 3.05) is 13.1 Å². The van der Waals surface area contributed by atoms with E-state index in [1.54, 1.807) is 6.07 Å². The number of phenolic OH excluding ortho intramolecular Hbond substituents is 1. The van der Waals surface area contributed by atoms with Crippen LogP contribution in [-0.4, -0.2) is 57.9 Å². The average molecular weight is 503 g/mol. The number of amides is 1. The van der Waals surface area contributed by atoms with Crippen LogP contribution in [0.4, 0.5) is 0 Å². The van der Waals surface area contributed by atoms with Crippen LogP contribution in [0.5, 0.6) is 11.5 Å². The molecular formula is C29H30N2O4S. The van der Waals surface area contributed by atoms with E-state index in [2.05, 4.69) is 10.2 Å². The average Bonchev–Trinajstić information content (AvgIpc) is 3.45. The molecule has 5 atom stereocenters. The molecule has 2 bridgehead atoms. The molecule has 3 aromatic rings. The number of fused-ring (bicyclic) bond motifs is 1.